The summed E-state index contributed by atoms with van der Waals surface area (Å²) in [6.45, 7) is 7.49. The molecule has 174 valence electrons. The second kappa shape index (κ2) is 9.00. The molecule has 4 rings (SSSR count). The monoisotopic (exact) mass is 447 g/mol. The third-order valence-electron chi connectivity index (χ3n) is 7.25. The zero-order valence-corrected chi connectivity index (χ0v) is 19.9. The predicted octanol–water partition coefficient (Wildman–Crippen LogP) is 4.55. The fourth-order valence-electron chi connectivity index (χ4n) is 5.17. The maximum atomic E-state index is 13.6. The minimum atomic E-state index is -0.629. The molecule has 2 aliphatic heterocycles. The van der Waals surface area contributed by atoms with Gasteiger partial charge in [0, 0.05) is 38.9 Å². The van der Waals surface area contributed by atoms with Crippen LogP contribution in [0.3, 0.4) is 0 Å². The average molecular weight is 448 g/mol. The molecule has 33 heavy (non-hydrogen) atoms. The molecule has 0 bridgehead atoms. The Bertz CT molecular complexity index is 1080. The number of benzene rings is 2. The number of amidine groups is 1. The molecule has 1 N–H and O–H groups in total. The summed E-state index contributed by atoms with van der Waals surface area (Å²) >= 11 is 0. The molecule has 6 heteroatoms. The van der Waals surface area contributed by atoms with Gasteiger partial charge in [-0.3, -0.25) is 19.9 Å². The predicted molar refractivity (Wildman–Crippen MR) is 129 cm³/mol. The SMILES string of the molecule is COc1cccc(-c2cccc([C@H]3CC(=N)N(CC4CCN(C(C)=O)C4)C(=O)C3(C)C)c2)c1. The average Bonchev–Trinajstić information content (AvgIpc) is 3.28. The largest absolute Gasteiger partial charge is 0.497 e. The van der Waals surface area contributed by atoms with Crippen LogP contribution in [0.5, 0.6) is 5.75 Å². The number of likely N-dealkylation sites (tertiary alicyclic amines) is 2. The van der Waals surface area contributed by atoms with Crippen LogP contribution in [0.4, 0.5) is 0 Å². The molecule has 0 radical (unpaired) electrons. The normalized spacial score (nSPS) is 22.5. The van der Waals surface area contributed by atoms with E-state index < -0.39 is 5.41 Å². The molecule has 2 amide bonds. The first kappa shape index (κ1) is 23.0. The Hall–Kier alpha value is -3.15. The molecule has 2 fully saturated rings. The van der Waals surface area contributed by atoms with Crippen molar-refractivity contribution in [2.24, 2.45) is 11.3 Å². The van der Waals surface area contributed by atoms with Crippen LogP contribution >= 0.6 is 0 Å². The van der Waals surface area contributed by atoms with E-state index in [4.69, 9.17) is 10.1 Å². The summed E-state index contributed by atoms with van der Waals surface area (Å²) in [5.41, 5.74) is 2.57. The number of nitrogens with one attached hydrogen (secondary N) is 1. The fourth-order valence-corrected chi connectivity index (χ4v) is 5.17. The molecule has 1 unspecified atom stereocenters. The van der Waals surface area contributed by atoms with E-state index in [9.17, 15) is 9.59 Å². The number of ether oxygens (including phenoxy) is 1. The summed E-state index contributed by atoms with van der Waals surface area (Å²) in [5, 5.41) is 8.71. The van der Waals surface area contributed by atoms with E-state index in [0.717, 1.165) is 35.4 Å². The van der Waals surface area contributed by atoms with Gasteiger partial charge in [0.25, 0.3) is 0 Å². The molecule has 2 aromatic carbocycles. The molecule has 6 nitrogen and oxygen atoms in total. The van der Waals surface area contributed by atoms with E-state index >= 15 is 0 Å². The molecule has 2 heterocycles. The molecule has 2 atom stereocenters. The van der Waals surface area contributed by atoms with Gasteiger partial charge >= 0.3 is 0 Å². The summed E-state index contributed by atoms with van der Waals surface area (Å²) in [4.78, 5) is 28.7. The third kappa shape index (κ3) is 4.52. The van der Waals surface area contributed by atoms with Crippen LogP contribution in [-0.4, -0.2) is 54.2 Å². The summed E-state index contributed by atoms with van der Waals surface area (Å²) in [7, 11) is 1.66. The number of carbonyl (C=O) groups is 2. The van der Waals surface area contributed by atoms with Crippen molar-refractivity contribution in [3.63, 3.8) is 0 Å². The quantitative estimate of drug-likeness (QED) is 0.731. The van der Waals surface area contributed by atoms with E-state index in [2.05, 4.69) is 24.3 Å². The maximum absolute atomic E-state index is 13.6. The molecule has 0 spiro atoms. The smallest absolute Gasteiger partial charge is 0.234 e. The van der Waals surface area contributed by atoms with Crippen LogP contribution in [0.15, 0.2) is 48.5 Å². The van der Waals surface area contributed by atoms with Crippen LogP contribution in [0.1, 0.15) is 45.1 Å². The number of methoxy groups -OCH3 is 1. The van der Waals surface area contributed by atoms with Crippen molar-refractivity contribution < 1.29 is 14.3 Å². The Morgan fingerprint density at radius 3 is 2.52 bits per heavy atom. The second-order valence-electron chi connectivity index (χ2n) is 9.82. The van der Waals surface area contributed by atoms with Crippen LogP contribution in [0, 0.1) is 16.7 Å². The Balaban J connectivity index is 1.55. The molecule has 0 aromatic heterocycles. The maximum Gasteiger partial charge on any atom is 0.234 e. The van der Waals surface area contributed by atoms with Crippen LogP contribution in [0.25, 0.3) is 11.1 Å². The van der Waals surface area contributed by atoms with E-state index in [1.54, 1.807) is 18.9 Å². The van der Waals surface area contributed by atoms with Gasteiger partial charge in [-0.2, -0.15) is 0 Å². The number of hydrogen-bond donors (Lipinski definition) is 1. The number of hydrogen-bond acceptors (Lipinski definition) is 4. The van der Waals surface area contributed by atoms with Gasteiger partial charge in [-0.25, -0.2) is 0 Å². The first-order valence-electron chi connectivity index (χ1n) is 11.6. The van der Waals surface area contributed by atoms with Crippen molar-refractivity contribution in [1.29, 1.82) is 5.41 Å². The molecular formula is C27H33N3O3. The molecule has 0 saturated carbocycles. The summed E-state index contributed by atoms with van der Waals surface area (Å²) in [5.74, 6) is 1.40. The Morgan fingerprint density at radius 2 is 1.85 bits per heavy atom. The standard InChI is InChI=1S/C27H33N3O3/c1-18(31)29-12-11-19(16-29)17-30-25(28)15-24(27(2,3)26(30)32)22-9-5-7-20(13-22)21-8-6-10-23(14-21)33-4/h5-10,13-14,19,24,28H,11-12,15-17H2,1-4H3/t19?,24-/m1/s1. The van der Waals surface area contributed by atoms with Crippen molar-refractivity contribution in [3.05, 3.63) is 54.1 Å². The zero-order valence-electron chi connectivity index (χ0n) is 19.9. The lowest BCUT2D eigenvalue weighted by Gasteiger charge is -2.44. The molecule has 2 aliphatic rings. The lowest BCUT2D eigenvalue weighted by molar-refractivity contribution is -0.139. The Morgan fingerprint density at radius 1 is 1.15 bits per heavy atom. The highest BCUT2D eigenvalue weighted by Gasteiger charge is 2.47. The number of amides is 2. The summed E-state index contributed by atoms with van der Waals surface area (Å²) in [6.07, 6.45) is 1.40. The van der Waals surface area contributed by atoms with Gasteiger partial charge in [0.1, 0.15) is 11.6 Å². The van der Waals surface area contributed by atoms with Gasteiger partial charge < -0.3 is 9.64 Å². The van der Waals surface area contributed by atoms with E-state index in [1.807, 2.05) is 43.0 Å². The van der Waals surface area contributed by atoms with E-state index in [1.165, 1.54) is 0 Å². The number of nitrogens with zero attached hydrogens (tertiary/aromatic N) is 2. The van der Waals surface area contributed by atoms with Crippen LogP contribution in [-0.2, 0) is 9.59 Å². The summed E-state index contributed by atoms with van der Waals surface area (Å²) in [6, 6.07) is 16.2. The van der Waals surface area contributed by atoms with Crippen molar-refractivity contribution in [1.82, 2.24) is 9.80 Å². The minimum Gasteiger partial charge on any atom is -0.497 e. The van der Waals surface area contributed by atoms with Gasteiger partial charge in [0.2, 0.25) is 11.8 Å². The van der Waals surface area contributed by atoms with Crippen LogP contribution < -0.4 is 4.74 Å². The highest BCUT2D eigenvalue weighted by Crippen LogP contribution is 2.45. The first-order chi connectivity index (χ1) is 15.7. The Kier molecular flexibility index (Phi) is 6.28. The molecule has 0 aliphatic carbocycles. The second-order valence-corrected chi connectivity index (χ2v) is 9.82. The van der Waals surface area contributed by atoms with E-state index in [0.29, 0.717) is 25.3 Å². The summed E-state index contributed by atoms with van der Waals surface area (Å²) < 4.78 is 5.37. The minimum absolute atomic E-state index is 0.00296. The molecule has 2 aromatic rings. The lowest BCUT2D eigenvalue weighted by atomic mass is 9.69. The van der Waals surface area contributed by atoms with Gasteiger partial charge in [-0.1, -0.05) is 50.2 Å². The highest BCUT2D eigenvalue weighted by molar-refractivity contribution is 6.02. The lowest BCUT2D eigenvalue weighted by Crippen LogP contribution is -2.54. The Labute approximate surface area is 196 Å². The third-order valence-corrected chi connectivity index (χ3v) is 7.25. The van der Waals surface area contributed by atoms with Gasteiger partial charge in [-0.15, -0.1) is 0 Å². The van der Waals surface area contributed by atoms with Crippen molar-refractivity contribution in [2.45, 2.75) is 39.5 Å². The van der Waals surface area contributed by atoms with Crippen molar-refractivity contribution in [3.8, 4) is 16.9 Å². The first-order valence-corrected chi connectivity index (χ1v) is 11.6. The fraction of sp³-hybridized carbons (Fsp3) is 0.444. The van der Waals surface area contributed by atoms with Crippen molar-refractivity contribution in [2.75, 3.05) is 26.7 Å². The number of rotatable bonds is 5. The zero-order chi connectivity index (χ0) is 23.8. The molecular weight excluding hydrogens is 414 g/mol. The number of carbonyl (C=O) groups excluding carboxylic acids is 2. The number of piperidine rings is 1. The van der Waals surface area contributed by atoms with Crippen LogP contribution in [0.2, 0.25) is 0 Å². The van der Waals surface area contributed by atoms with Gasteiger partial charge in [-0.05, 0) is 41.2 Å². The highest BCUT2D eigenvalue weighted by atomic mass is 16.5. The van der Waals surface area contributed by atoms with Gasteiger partial charge in [0.15, 0.2) is 0 Å². The van der Waals surface area contributed by atoms with E-state index in [-0.39, 0.29) is 23.7 Å². The van der Waals surface area contributed by atoms with Crippen molar-refractivity contribution >= 4 is 17.6 Å². The molecule has 2 saturated heterocycles. The van der Waals surface area contributed by atoms with Gasteiger partial charge in [0.05, 0.1) is 12.5 Å². The topological polar surface area (TPSA) is 73.7 Å².